The highest BCUT2D eigenvalue weighted by molar-refractivity contribution is 6.40. The summed E-state index contributed by atoms with van der Waals surface area (Å²) >= 11 is 0. The van der Waals surface area contributed by atoms with E-state index in [1.165, 1.54) is 25.9 Å². The SMILES string of the molecule is COc1cc(NC(=O)C(=O)NC(C)(C)C(=O)N(C)C)ccc1C1=CCOC=C1C. The van der Waals surface area contributed by atoms with Crippen LogP contribution in [0, 0.1) is 0 Å². The number of hydrogen-bond donors (Lipinski definition) is 2. The third-order valence-electron chi connectivity index (χ3n) is 4.39. The minimum atomic E-state index is -1.21. The van der Waals surface area contributed by atoms with E-state index in [-0.39, 0.29) is 5.91 Å². The smallest absolute Gasteiger partial charge is 0.313 e. The number of rotatable bonds is 5. The molecule has 8 heteroatoms. The van der Waals surface area contributed by atoms with Gasteiger partial charge in [0.25, 0.3) is 0 Å². The maximum Gasteiger partial charge on any atom is 0.313 e. The molecule has 29 heavy (non-hydrogen) atoms. The van der Waals surface area contributed by atoms with Crippen LogP contribution in [0.2, 0.25) is 0 Å². The number of allylic oxidation sites excluding steroid dienone is 2. The number of nitrogens with one attached hydrogen (secondary N) is 2. The highest BCUT2D eigenvalue weighted by atomic mass is 16.5. The first-order valence-corrected chi connectivity index (χ1v) is 9.09. The summed E-state index contributed by atoms with van der Waals surface area (Å²) in [5, 5.41) is 4.98. The van der Waals surface area contributed by atoms with Gasteiger partial charge in [0.15, 0.2) is 0 Å². The molecule has 0 radical (unpaired) electrons. The van der Waals surface area contributed by atoms with Crippen LogP contribution in [0.4, 0.5) is 5.69 Å². The maximum absolute atomic E-state index is 12.3. The zero-order chi connectivity index (χ0) is 21.8. The summed E-state index contributed by atoms with van der Waals surface area (Å²) in [6, 6.07) is 5.13. The predicted octanol–water partition coefficient (Wildman–Crippen LogP) is 1.93. The Morgan fingerprint density at radius 1 is 1.17 bits per heavy atom. The van der Waals surface area contributed by atoms with Crippen molar-refractivity contribution in [2.75, 3.05) is 33.1 Å². The van der Waals surface area contributed by atoms with Gasteiger partial charge in [0, 0.05) is 31.4 Å². The highest BCUT2D eigenvalue weighted by Crippen LogP contribution is 2.34. The second-order valence-electron chi connectivity index (χ2n) is 7.40. The summed E-state index contributed by atoms with van der Waals surface area (Å²) < 4.78 is 10.7. The van der Waals surface area contributed by atoms with Crippen molar-refractivity contribution in [3.63, 3.8) is 0 Å². The van der Waals surface area contributed by atoms with Gasteiger partial charge in [-0.25, -0.2) is 0 Å². The molecule has 1 aliphatic rings. The highest BCUT2D eigenvalue weighted by Gasteiger charge is 2.33. The van der Waals surface area contributed by atoms with Crippen LogP contribution >= 0.6 is 0 Å². The molecule has 2 rings (SSSR count). The van der Waals surface area contributed by atoms with Crippen LogP contribution in [0.25, 0.3) is 5.57 Å². The molecule has 156 valence electrons. The van der Waals surface area contributed by atoms with E-state index in [4.69, 9.17) is 9.47 Å². The molecule has 0 saturated heterocycles. The molecule has 3 amide bonds. The van der Waals surface area contributed by atoms with E-state index in [1.807, 2.05) is 13.0 Å². The molecule has 0 aliphatic carbocycles. The molecular formula is C21H27N3O5. The molecule has 0 aromatic heterocycles. The lowest BCUT2D eigenvalue weighted by molar-refractivity contribution is -0.142. The summed E-state index contributed by atoms with van der Waals surface area (Å²) in [5.74, 6) is -1.55. The van der Waals surface area contributed by atoms with Gasteiger partial charge in [0.1, 0.15) is 17.9 Å². The Hall–Kier alpha value is -3.29. The average Bonchev–Trinajstić information content (AvgIpc) is 2.67. The summed E-state index contributed by atoms with van der Waals surface area (Å²) in [5.41, 5.74) is 1.98. The molecule has 0 bridgehead atoms. The summed E-state index contributed by atoms with van der Waals surface area (Å²) in [6.45, 7) is 5.47. The van der Waals surface area contributed by atoms with Crippen LogP contribution in [-0.2, 0) is 19.1 Å². The van der Waals surface area contributed by atoms with Gasteiger partial charge in [-0.05, 0) is 50.1 Å². The molecule has 0 saturated carbocycles. The van der Waals surface area contributed by atoms with Crippen LogP contribution < -0.4 is 15.4 Å². The number of carbonyl (C=O) groups excluding carboxylic acids is 3. The number of nitrogens with zero attached hydrogens (tertiary/aromatic N) is 1. The molecule has 0 unspecified atom stereocenters. The molecule has 0 spiro atoms. The third-order valence-corrected chi connectivity index (χ3v) is 4.39. The van der Waals surface area contributed by atoms with Gasteiger partial charge in [-0.1, -0.05) is 0 Å². The van der Waals surface area contributed by atoms with Crippen molar-refractivity contribution in [1.82, 2.24) is 10.2 Å². The number of anilines is 1. The summed E-state index contributed by atoms with van der Waals surface area (Å²) in [7, 11) is 4.69. The number of carbonyl (C=O) groups is 3. The van der Waals surface area contributed by atoms with Gasteiger partial charge < -0.3 is 25.0 Å². The Morgan fingerprint density at radius 2 is 1.86 bits per heavy atom. The second kappa shape index (κ2) is 8.81. The van der Waals surface area contributed by atoms with Gasteiger partial charge >= 0.3 is 11.8 Å². The average molecular weight is 401 g/mol. The van der Waals surface area contributed by atoms with Crippen LogP contribution in [0.15, 0.2) is 36.1 Å². The standard InChI is InChI=1S/C21H27N3O5/c1-13-12-29-10-9-15(13)16-8-7-14(11-17(16)28-6)22-18(25)19(26)23-21(2,3)20(27)24(4)5/h7-9,11-12H,10H2,1-6H3,(H,22,25)(H,23,26). The van der Waals surface area contributed by atoms with Crippen molar-refractivity contribution >= 4 is 29.0 Å². The molecule has 0 fully saturated rings. The molecule has 1 aromatic carbocycles. The number of likely N-dealkylation sites (N-methyl/N-ethyl adjacent to an activating group) is 1. The minimum Gasteiger partial charge on any atom is -0.497 e. The van der Waals surface area contributed by atoms with E-state index in [0.717, 1.165) is 16.7 Å². The number of hydrogen-bond acceptors (Lipinski definition) is 5. The molecule has 8 nitrogen and oxygen atoms in total. The van der Waals surface area contributed by atoms with Crippen molar-refractivity contribution in [2.24, 2.45) is 0 Å². The zero-order valence-electron chi connectivity index (χ0n) is 17.6. The van der Waals surface area contributed by atoms with Crippen molar-refractivity contribution < 1.29 is 23.9 Å². The first kappa shape index (κ1) is 22.0. The van der Waals surface area contributed by atoms with Gasteiger partial charge in [-0.15, -0.1) is 0 Å². The fourth-order valence-electron chi connectivity index (χ4n) is 2.98. The lowest BCUT2D eigenvalue weighted by Crippen LogP contribution is -2.56. The first-order valence-electron chi connectivity index (χ1n) is 9.09. The van der Waals surface area contributed by atoms with Crippen molar-refractivity contribution in [3.8, 4) is 5.75 Å². The van der Waals surface area contributed by atoms with E-state index in [1.54, 1.807) is 38.6 Å². The lowest BCUT2D eigenvalue weighted by atomic mass is 9.97. The zero-order valence-corrected chi connectivity index (χ0v) is 17.6. The quantitative estimate of drug-likeness (QED) is 0.735. The number of benzene rings is 1. The lowest BCUT2D eigenvalue weighted by Gasteiger charge is -2.27. The molecule has 1 aromatic rings. The van der Waals surface area contributed by atoms with Crippen LogP contribution in [0.3, 0.4) is 0 Å². The Kier molecular flexibility index (Phi) is 6.68. The summed E-state index contributed by atoms with van der Waals surface area (Å²) in [4.78, 5) is 38.0. The Morgan fingerprint density at radius 3 is 2.45 bits per heavy atom. The van der Waals surface area contributed by atoms with E-state index < -0.39 is 17.4 Å². The van der Waals surface area contributed by atoms with Crippen molar-refractivity contribution in [2.45, 2.75) is 26.3 Å². The minimum absolute atomic E-state index is 0.321. The van der Waals surface area contributed by atoms with E-state index in [2.05, 4.69) is 10.6 Å². The first-order chi connectivity index (χ1) is 13.6. The van der Waals surface area contributed by atoms with Gasteiger partial charge in [0.2, 0.25) is 5.91 Å². The normalized spacial score (nSPS) is 13.4. The number of ether oxygens (including phenoxy) is 2. The van der Waals surface area contributed by atoms with E-state index >= 15 is 0 Å². The Labute approximate surface area is 170 Å². The van der Waals surface area contributed by atoms with Crippen molar-refractivity contribution in [3.05, 3.63) is 41.7 Å². The van der Waals surface area contributed by atoms with Crippen LogP contribution in [0.1, 0.15) is 26.3 Å². The Bertz CT molecular complexity index is 884. The predicted molar refractivity (Wildman–Crippen MR) is 110 cm³/mol. The molecule has 1 aliphatic heterocycles. The van der Waals surface area contributed by atoms with E-state index in [9.17, 15) is 14.4 Å². The van der Waals surface area contributed by atoms with Crippen molar-refractivity contribution in [1.29, 1.82) is 0 Å². The van der Waals surface area contributed by atoms with Gasteiger partial charge in [-0.2, -0.15) is 0 Å². The topological polar surface area (TPSA) is 97.0 Å². The Balaban J connectivity index is 2.15. The van der Waals surface area contributed by atoms with Gasteiger partial charge in [0.05, 0.1) is 13.4 Å². The monoisotopic (exact) mass is 401 g/mol. The fraction of sp³-hybridized carbons (Fsp3) is 0.381. The maximum atomic E-state index is 12.3. The third kappa shape index (κ3) is 5.16. The molecule has 2 N–H and O–H groups in total. The largest absolute Gasteiger partial charge is 0.497 e. The summed E-state index contributed by atoms with van der Waals surface area (Å²) in [6.07, 6.45) is 3.63. The number of methoxy groups -OCH3 is 1. The van der Waals surface area contributed by atoms with Gasteiger partial charge in [-0.3, -0.25) is 14.4 Å². The fourth-order valence-corrected chi connectivity index (χ4v) is 2.98. The van der Waals surface area contributed by atoms with E-state index in [0.29, 0.717) is 18.0 Å². The number of amides is 3. The van der Waals surface area contributed by atoms with Crippen LogP contribution in [0.5, 0.6) is 5.75 Å². The second-order valence-corrected chi connectivity index (χ2v) is 7.40. The molecule has 0 atom stereocenters. The molecule has 1 heterocycles. The van der Waals surface area contributed by atoms with Crippen LogP contribution in [-0.4, -0.2) is 56.0 Å². The molecular weight excluding hydrogens is 374 g/mol.